The second-order valence-corrected chi connectivity index (χ2v) is 5.10. The Morgan fingerprint density at radius 2 is 2.19 bits per heavy atom. The topological polar surface area (TPSA) is 86.3 Å². The number of hydrogen-bond acceptors (Lipinski definition) is 3. The molecule has 1 aromatic carbocycles. The van der Waals surface area contributed by atoms with E-state index in [9.17, 15) is 14.7 Å². The largest absolute Gasteiger partial charge is 0.478 e. The summed E-state index contributed by atoms with van der Waals surface area (Å²) in [6, 6.07) is 6.73. The lowest BCUT2D eigenvalue weighted by molar-refractivity contribution is 0.0695. The molecule has 0 fully saturated rings. The fourth-order valence-corrected chi connectivity index (χ4v) is 2.70. The second-order valence-electron chi connectivity index (χ2n) is 5.10. The molecule has 2 heterocycles. The van der Waals surface area contributed by atoms with Crippen molar-refractivity contribution in [1.82, 2.24) is 10.2 Å². The van der Waals surface area contributed by atoms with Gasteiger partial charge in [-0.05, 0) is 43.5 Å². The molecule has 0 saturated heterocycles. The lowest BCUT2D eigenvalue weighted by atomic mass is 9.96. The number of carbonyl (C=O) groups is 2. The van der Waals surface area contributed by atoms with Crippen LogP contribution in [0.4, 0.5) is 5.69 Å². The van der Waals surface area contributed by atoms with E-state index in [0.29, 0.717) is 24.3 Å². The first-order valence-electron chi connectivity index (χ1n) is 6.77. The molecule has 0 aliphatic carbocycles. The lowest BCUT2D eigenvalue weighted by Crippen LogP contribution is -2.36. The molecule has 0 saturated carbocycles. The highest BCUT2D eigenvalue weighted by atomic mass is 16.4. The molecular weight excluding hydrogens is 270 g/mol. The summed E-state index contributed by atoms with van der Waals surface area (Å²) in [6.07, 6.45) is 1.41. The van der Waals surface area contributed by atoms with Crippen molar-refractivity contribution in [2.45, 2.75) is 19.8 Å². The Bertz CT molecular complexity index is 721. The first-order valence-corrected chi connectivity index (χ1v) is 6.77. The molecule has 0 atom stereocenters. The minimum atomic E-state index is -0.961. The van der Waals surface area contributed by atoms with Gasteiger partial charge in [-0.1, -0.05) is 6.07 Å². The number of rotatable bonds is 2. The van der Waals surface area contributed by atoms with Crippen molar-refractivity contribution < 1.29 is 14.7 Å². The maximum atomic E-state index is 12.6. The highest BCUT2D eigenvalue weighted by Gasteiger charge is 2.27. The maximum Gasteiger partial charge on any atom is 0.336 e. The van der Waals surface area contributed by atoms with E-state index < -0.39 is 5.97 Å². The molecule has 1 aliphatic heterocycles. The SMILES string of the molecule is Cc1cc(C(=O)N2CCCc3c(C(=O)O)cccc32)n[nH]1. The van der Waals surface area contributed by atoms with Crippen molar-refractivity contribution in [1.29, 1.82) is 0 Å². The van der Waals surface area contributed by atoms with E-state index in [1.807, 2.05) is 6.92 Å². The molecular formula is C15H15N3O3. The van der Waals surface area contributed by atoms with E-state index in [2.05, 4.69) is 10.2 Å². The van der Waals surface area contributed by atoms with E-state index in [1.54, 1.807) is 29.2 Å². The third-order valence-corrected chi connectivity index (χ3v) is 3.65. The third-order valence-electron chi connectivity index (χ3n) is 3.65. The average Bonchev–Trinajstić information content (AvgIpc) is 2.91. The number of fused-ring (bicyclic) bond motifs is 1. The number of aromatic carboxylic acids is 1. The van der Waals surface area contributed by atoms with Crippen LogP contribution >= 0.6 is 0 Å². The van der Waals surface area contributed by atoms with Crippen LogP contribution in [0.1, 0.15) is 38.5 Å². The zero-order valence-corrected chi connectivity index (χ0v) is 11.6. The number of aromatic amines is 1. The van der Waals surface area contributed by atoms with Gasteiger partial charge in [-0.25, -0.2) is 4.79 Å². The van der Waals surface area contributed by atoms with Crippen molar-refractivity contribution in [3.63, 3.8) is 0 Å². The Kier molecular flexibility index (Phi) is 3.21. The fraction of sp³-hybridized carbons (Fsp3) is 0.267. The lowest BCUT2D eigenvalue weighted by Gasteiger charge is -2.29. The summed E-state index contributed by atoms with van der Waals surface area (Å²) in [4.78, 5) is 25.5. The number of aromatic nitrogens is 2. The Morgan fingerprint density at radius 1 is 1.38 bits per heavy atom. The van der Waals surface area contributed by atoms with Gasteiger partial charge in [-0.3, -0.25) is 9.89 Å². The van der Waals surface area contributed by atoms with Gasteiger partial charge in [0.25, 0.3) is 5.91 Å². The Balaban J connectivity index is 2.03. The molecule has 6 heteroatoms. The molecule has 3 rings (SSSR count). The molecule has 1 aromatic heterocycles. The van der Waals surface area contributed by atoms with Crippen LogP contribution in [0, 0.1) is 6.92 Å². The molecule has 108 valence electrons. The number of carboxylic acids is 1. The minimum Gasteiger partial charge on any atom is -0.478 e. The molecule has 0 unspecified atom stereocenters. The summed E-state index contributed by atoms with van der Waals surface area (Å²) in [5.74, 6) is -1.17. The van der Waals surface area contributed by atoms with Gasteiger partial charge in [-0.2, -0.15) is 5.10 Å². The second kappa shape index (κ2) is 5.05. The Labute approximate surface area is 121 Å². The van der Waals surface area contributed by atoms with Crippen LogP contribution in [-0.2, 0) is 6.42 Å². The van der Waals surface area contributed by atoms with Gasteiger partial charge in [0.1, 0.15) is 0 Å². The quantitative estimate of drug-likeness (QED) is 0.883. The normalized spacial score (nSPS) is 13.9. The van der Waals surface area contributed by atoms with E-state index in [0.717, 1.165) is 17.7 Å². The third kappa shape index (κ3) is 2.29. The van der Waals surface area contributed by atoms with Gasteiger partial charge in [0.05, 0.1) is 5.56 Å². The number of aryl methyl sites for hydroxylation is 1. The van der Waals surface area contributed by atoms with Gasteiger partial charge in [0.2, 0.25) is 0 Å². The van der Waals surface area contributed by atoms with E-state index in [4.69, 9.17) is 0 Å². The molecule has 2 N–H and O–H groups in total. The molecule has 0 bridgehead atoms. The predicted octanol–water partition coefficient (Wildman–Crippen LogP) is 2.01. The van der Waals surface area contributed by atoms with Crippen LogP contribution in [0.3, 0.4) is 0 Å². The zero-order chi connectivity index (χ0) is 15.0. The number of carbonyl (C=O) groups excluding carboxylic acids is 1. The summed E-state index contributed by atoms with van der Waals surface area (Å²) in [5.41, 5.74) is 2.82. The number of carboxylic acid groups (broad SMARTS) is 1. The predicted molar refractivity (Wildman–Crippen MR) is 76.7 cm³/mol. The van der Waals surface area contributed by atoms with Crippen LogP contribution in [0.5, 0.6) is 0 Å². The van der Waals surface area contributed by atoms with Crippen molar-refractivity contribution in [3.8, 4) is 0 Å². The summed E-state index contributed by atoms with van der Waals surface area (Å²) < 4.78 is 0. The monoisotopic (exact) mass is 285 g/mol. The maximum absolute atomic E-state index is 12.6. The molecule has 0 spiro atoms. The molecule has 6 nitrogen and oxygen atoms in total. The number of H-pyrrole nitrogens is 1. The first-order chi connectivity index (χ1) is 10.1. The highest BCUT2D eigenvalue weighted by Crippen LogP contribution is 2.30. The van der Waals surface area contributed by atoms with E-state index in [1.165, 1.54) is 0 Å². The van der Waals surface area contributed by atoms with E-state index in [-0.39, 0.29) is 11.5 Å². The number of nitrogens with zero attached hydrogens (tertiary/aromatic N) is 2. The Morgan fingerprint density at radius 3 is 2.86 bits per heavy atom. The van der Waals surface area contributed by atoms with Crippen molar-refractivity contribution >= 4 is 17.6 Å². The fourth-order valence-electron chi connectivity index (χ4n) is 2.70. The molecule has 21 heavy (non-hydrogen) atoms. The van der Waals surface area contributed by atoms with Gasteiger partial charge in [0, 0.05) is 17.9 Å². The standard InChI is InChI=1S/C15H15N3O3/c1-9-8-12(17-16-9)14(19)18-7-3-5-10-11(15(20)21)4-2-6-13(10)18/h2,4,6,8H,3,5,7H2,1H3,(H,16,17)(H,20,21). The van der Waals surface area contributed by atoms with Crippen molar-refractivity contribution in [3.05, 3.63) is 46.8 Å². The zero-order valence-electron chi connectivity index (χ0n) is 11.6. The average molecular weight is 285 g/mol. The van der Waals surface area contributed by atoms with Gasteiger partial charge >= 0.3 is 5.97 Å². The summed E-state index contributed by atoms with van der Waals surface area (Å²) >= 11 is 0. The van der Waals surface area contributed by atoms with Crippen molar-refractivity contribution in [2.75, 3.05) is 11.4 Å². The first kappa shape index (κ1) is 13.4. The van der Waals surface area contributed by atoms with Crippen LogP contribution in [0.15, 0.2) is 24.3 Å². The summed E-state index contributed by atoms with van der Waals surface area (Å²) in [7, 11) is 0. The molecule has 2 aromatic rings. The smallest absolute Gasteiger partial charge is 0.336 e. The molecule has 1 aliphatic rings. The van der Waals surface area contributed by atoms with Crippen LogP contribution in [0.25, 0.3) is 0 Å². The highest BCUT2D eigenvalue weighted by molar-refractivity contribution is 6.06. The van der Waals surface area contributed by atoms with Gasteiger partial charge in [-0.15, -0.1) is 0 Å². The number of amides is 1. The summed E-state index contributed by atoms with van der Waals surface area (Å²) in [6.45, 7) is 2.40. The van der Waals surface area contributed by atoms with Crippen molar-refractivity contribution in [2.24, 2.45) is 0 Å². The minimum absolute atomic E-state index is 0.206. The summed E-state index contributed by atoms with van der Waals surface area (Å²) in [5, 5.41) is 16.0. The van der Waals surface area contributed by atoms with E-state index >= 15 is 0 Å². The number of nitrogens with one attached hydrogen (secondary N) is 1. The Hall–Kier alpha value is -2.63. The molecule has 0 radical (unpaired) electrons. The van der Waals surface area contributed by atoms with Crippen LogP contribution in [-0.4, -0.2) is 33.7 Å². The number of benzene rings is 1. The van der Waals surface area contributed by atoms with Crippen LogP contribution < -0.4 is 4.90 Å². The number of hydrogen-bond donors (Lipinski definition) is 2. The molecule has 1 amide bonds. The van der Waals surface area contributed by atoms with Crippen LogP contribution in [0.2, 0.25) is 0 Å². The number of anilines is 1. The van der Waals surface area contributed by atoms with Gasteiger partial charge in [0.15, 0.2) is 5.69 Å². The van der Waals surface area contributed by atoms with Gasteiger partial charge < -0.3 is 10.0 Å².